The Kier molecular flexibility index (Phi) is 5.06. The molecule has 0 aliphatic heterocycles. The SMILES string of the molecule is Cc1nnc(NS(=O)(=O)c2ccc(N=Nc3c(C)[nH]n(C(N)=O)c3=O)cc2)s1. The van der Waals surface area contributed by atoms with Crippen molar-refractivity contribution in [3.8, 4) is 0 Å². The predicted molar refractivity (Wildman–Crippen MR) is 101 cm³/mol. The number of aromatic amines is 1. The van der Waals surface area contributed by atoms with Gasteiger partial charge >= 0.3 is 11.6 Å². The minimum Gasteiger partial charge on any atom is -0.350 e. The van der Waals surface area contributed by atoms with E-state index in [4.69, 9.17) is 5.73 Å². The third-order valence-corrected chi connectivity index (χ3v) is 5.66. The highest BCUT2D eigenvalue weighted by Crippen LogP contribution is 2.22. The second-order valence-electron chi connectivity index (χ2n) is 5.49. The third kappa shape index (κ3) is 3.96. The fourth-order valence-corrected chi connectivity index (χ4v) is 3.94. The Morgan fingerprint density at radius 1 is 1.21 bits per heavy atom. The van der Waals surface area contributed by atoms with Gasteiger partial charge in [0.25, 0.3) is 10.0 Å². The van der Waals surface area contributed by atoms with E-state index in [-0.39, 0.29) is 15.7 Å². The molecule has 0 aliphatic rings. The zero-order chi connectivity index (χ0) is 20.5. The van der Waals surface area contributed by atoms with Gasteiger partial charge in [-0.1, -0.05) is 11.3 Å². The first-order chi connectivity index (χ1) is 13.2. The molecule has 0 bridgehead atoms. The number of hydrogen-bond donors (Lipinski definition) is 3. The first kappa shape index (κ1) is 19.4. The van der Waals surface area contributed by atoms with Crippen LogP contribution >= 0.6 is 11.3 Å². The number of H-pyrrole nitrogens is 1. The molecule has 3 rings (SSSR count). The van der Waals surface area contributed by atoms with Crippen LogP contribution in [-0.2, 0) is 10.0 Å². The highest BCUT2D eigenvalue weighted by Gasteiger charge is 2.17. The molecule has 14 heteroatoms. The topological polar surface area (TPSA) is 178 Å². The summed E-state index contributed by atoms with van der Waals surface area (Å²) in [7, 11) is -3.83. The standard InChI is InChI=1S/C14H14N8O4S2/c1-7-11(12(23)22(20-7)13(15)24)18-17-9-3-5-10(6-4-9)28(25,26)21-14-19-16-8(2)27-14/h3-6,20H,1-2H3,(H2,15,24)(H,19,21). The van der Waals surface area contributed by atoms with E-state index in [0.717, 1.165) is 11.3 Å². The molecular weight excluding hydrogens is 408 g/mol. The number of primary amides is 1. The van der Waals surface area contributed by atoms with Crippen LogP contribution in [0.4, 0.5) is 21.3 Å². The molecule has 0 saturated carbocycles. The molecule has 2 heterocycles. The van der Waals surface area contributed by atoms with Crippen LogP contribution in [-0.4, -0.2) is 34.4 Å². The summed E-state index contributed by atoms with van der Waals surface area (Å²) in [5, 5.41) is 18.4. The summed E-state index contributed by atoms with van der Waals surface area (Å²) in [5.41, 5.74) is 4.87. The average molecular weight is 422 g/mol. The van der Waals surface area contributed by atoms with Crippen LogP contribution in [0.15, 0.2) is 44.2 Å². The van der Waals surface area contributed by atoms with Gasteiger partial charge in [0.15, 0.2) is 5.69 Å². The largest absolute Gasteiger partial charge is 0.350 e. The van der Waals surface area contributed by atoms with Crippen molar-refractivity contribution in [3.63, 3.8) is 0 Å². The molecule has 1 aromatic carbocycles. The van der Waals surface area contributed by atoms with Gasteiger partial charge in [-0.25, -0.2) is 13.2 Å². The maximum atomic E-state index is 12.3. The van der Waals surface area contributed by atoms with Gasteiger partial charge in [-0.15, -0.1) is 15.3 Å². The van der Waals surface area contributed by atoms with Gasteiger partial charge < -0.3 is 5.73 Å². The summed E-state index contributed by atoms with van der Waals surface area (Å²) < 4.78 is 27.6. The normalized spacial score (nSPS) is 11.8. The van der Waals surface area contributed by atoms with Crippen LogP contribution < -0.4 is 16.0 Å². The number of carbonyl (C=O) groups excluding carboxylic acids is 1. The zero-order valence-electron chi connectivity index (χ0n) is 14.6. The maximum absolute atomic E-state index is 12.3. The Morgan fingerprint density at radius 2 is 1.89 bits per heavy atom. The number of aryl methyl sites for hydroxylation is 2. The zero-order valence-corrected chi connectivity index (χ0v) is 16.2. The van der Waals surface area contributed by atoms with Crippen molar-refractivity contribution < 1.29 is 13.2 Å². The molecule has 0 unspecified atom stereocenters. The van der Waals surface area contributed by atoms with E-state index in [9.17, 15) is 18.0 Å². The summed E-state index contributed by atoms with van der Waals surface area (Å²) >= 11 is 1.11. The molecule has 0 atom stereocenters. The van der Waals surface area contributed by atoms with Crippen molar-refractivity contribution >= 4 is 43.9 Å². The number of benzene rings is 1. The number of nitrogens with zero attached hydrogens (tertiary/aromatic N) is 5. The van der Waals surface area contributed by atoms with Crippen molar-refractivity contribution in [1.29, 1.82) is 0 Å². The van der Waals surface area contributed by atoms with Crippen molar-refractivity contribution in [2.24, 2.45) is 16.0 Å². The average Bonchev–Trinajstić information content (AvgIpc) is 3.16. The molecular formula is C14H14N8O4S2. The predicted octanol–water partition coefficient (Wildman–Crippen LogP) is 1.79. The Bertz CT molecular complexity index is 1220. The number of sulfonamides is 1. The third-order valence-electron chi connectivity index (χ3n) is 3.42. The van der Waals surface area contributed by atoms with Crippen LogP contribution in [0, 0.1) is 13.8 Å². The minimum absolute atomic E-state index is 0.00629. The van der Waals surface area contributed by atoms with Gasteiger partial charge in [0, 0.05) is 0 Å². The van der Waals surface area contributed by atoms with E-state index in [1.165, 1.54) is 31.2 Å². The van der Waals surface area contributed by atoms with E-state index in [2.05, 4.69) is 30.2 Å². The summed E-state index contributed by atoms with van der Waals surface area (Å²) in [6.45, 7) is 3.24. The van der Waals surface area contributed by atoms with Crippen molar-refractivity contribution in [1.82, 2.24) is 20.0 Å². The van der Waals surface area contributed by atoms with Gasteiger partial charge in [-0.3, -0.25) is 14.6 Å². The maximum Gasteiger partial charge on any atom is 0.341 e. The lowest BCUT2D eigenvalue weighted by atomic mass is 10.3. The second-order valence-corrected chi connectivity index (χ2v) is 8.35. The van der Waals surface area contributed by atoms with E-state index in [1.54, 1.807) is 6.92 Å². The van der Waals surface area contributed by atoms with Gasteiger partial charge in [-0.05, 0) is 38.1 Å². The molecule has 0 radical (unpaired) electrons. The summed E-state index contributed by atoms with van der Waals surface area (Å²) in [5.74, 6) is 0. The van der Waals surface area contributed by atoms with Crippen molar-refractivity contribution in [2.45, 2.75) is 18.7 Å². The smallest absolute Gasteiger partial charge is 0.341 e. The van der Waals surface area contributed by atoms with Crippen molar-refractivity contribution in [2.75, 3.05) is 4.72 Å². The lowest BCUT2D eigenvalue weighted by Gasteiger charge is -2.04. The molecule has 28 heavy (non-hydrogen) atoms. The Hall–Kier alpha value is -3.39. The van der Waals surface area contributed by atoms with Crippen molar-refractivity contribution in [3.05, 3.63) is 45.3 Å². The first-order valence-corrected chi connectivity index (χ1v) is 9.93. The van der Waals surface area contributed by atoms with E-state index in [0.29, 0.717) is 21.1 Å². The lowest BCUT2D eigenvalue weighted by Crippen LogP contribution is -2.29. The van der Waals surface area contributed by atoms with E-state index >= 15 is 0 Å². The van der Waals surface area contributed by atoms with Crippen LogP contribution in [0.5, 0.6) is 0 Å². The van der Waals surface area contributed by atoms with E-state index < -0.39 is 21.6 Å². The number of hydrogen-bond acceptors (Lipinski definition) is 9. The minimum atomic E-state index is -3.83. The molecule has 2 aromatic heterocycles. The Balaban J connectivity index is 1.80. The number of carbonyl (C=O) groups is 1. The number of rotatable bonds is 5. The highest BCUT2D eigenvalue weighted by molar-refractivity contribution is 7.93. The summed E-state index contributed by atoms with van der Waals surface area (Å²) in [6.07, 6.45) is 0. The molecule has 3 aromatic rings. The molecule has 0 spiro atoms. The van der Waals surface area contributed by atoms with Gasteiger partial charge in [0.05, 0.1) is 16.3 Å². The van der Waals surface area contributed by atoms with E-state index in [1.807, 2.05) is 0 Å². The number of anilines is 1. The summed E-state index contributed by atoms with van der Waals surface area (Å²) in [4.78, 5) is 23.1. The van der Waals surface area contributed by atoms with Gasteiger partial charge in [0.1, 0.15) is 5.01 Å². The lowest BCUT2D eigenvalue weighted by molar-refractivity contribution is 0.247. The van der Waals surface area contributed by atoms with Gasteiger partial charge in [0.2, 0.25) is 5.13 Å². The number of aromatic nitrogens is 4. The van der Waals surface area contributed by atoms with Crippen LogP contribution in [0.3, 0.4) is 0 Å². The number of nitrogens with two attached hydrogens (primary N) is 1. The summed E-state index contributed by atoms with van der Waals surface area (Å²) in [6, 6.07) is 4.52. The first-order valence-electron chi connectivity index (χ1n) is 7.63. The number of amides is 1. The van der Waals surface area contributed by atoms with Crippen LogP contribution in [0.2, 0.25) is 0 Å². The fraction of sp³-hybridized carbons (Fsp3) is 0.143. The highest BCUT2D eigenvalue weighted by atomic mass is 32.2. The molecule has 4 N–H and O–H groups in total. The molecule has 1 amide bonds. The number of nitrogens with one attached hydrogen (secondary N) is 2. The number of azo groups is 1. The van der Waals surface area contributed by atoms with Gasteiger partial charge in [-0.2, -0.15) is 9.80 Å². The quantitative estimate of drug-likeness (QED) is 0.527. The Morgan fingerprint density at radius 3 is 2.43 bits per heavy atom. The molecule has 0 fully saturated rings. The molecule has 0 saturated heterocycles. The monoisotopic (exact) mass is 422 g/mol. The van der Waals surface area contributed by atoms with Crippen LogP contribution in [0.1, 0.15) is 10.7 Å². The second kappa shape index (κ2) is 7.32. The molecule has 12 nitrogen and oxygen atoms in total. The fourth-order valence-electron chi connectivity index (χ4n) is 2.12. The molecule has 146 valence electrons. The Labute approximate surface area is 162 Å². The van der Waals surface area contributed by atoms with Crippen LogP contribution in [0.25, 0.3) is 0 Å². The molecule has 0 aliphatic carbocycles.